The van der Waals surface area contributed by atoms with Crippen LogP contribution in [0, 0.1) is 0 Å². The van der Waals surface area contributed by atoms with Gasteiger partial charge >= 0.3 is 0 Å². The molecule has 5 rings (SSSR count). The van der Waals surface area contributed by atoms with Gasteiger partial charge in [-0.15, -0.1) is 0 Å². The minimum Gasteiger partial charge on any atom is -0.490 e. The minimum atomic E-state index is -3.09. The predicted octanol–water partition coefficient (Wildman–Crippen LogP) is 4.30. The Labute approximate surface area is 169 Å². The minimum absolute atomic E-state index is 0.0202. The fourth-order valence-corrected chi connectivity index (χ4v) is 6.36. The maximum atomic E-state index is 12.4. The van der Waals surface area contributed by atoms with Crippen LogP contribution >= 0.6 is 11.3 Å². The number of piperidine rings is 1. The van der Waals surface area contributed by atoms with Crippen molar-refractivity contribution in [2.45, 2.75) is 37.0 Å². The first-order valence-electron chi connectivity index (χ1n) is 9.67. The first kappa shape index (κ1) is 18.1. The standard InChI is InChI=1S/C21H22N2O3S2/c24-28(25,19-1-2-19)23-8-4-18(5-9-23)26-21-12-17(16-6-10-27-14-16)11-15-3-7-22-13-20(15)21/h3,6-7,10-14,18-19H,1-2,4-5,8-9H2. The van der Waals surface area contributed by atoms with Gasteiger partial charge in [0.05, 0.1) is 5.25 Å². The third-order valence-corrected chi connectivity index (χ3v) is 8.65. The molecule has 2 aromatic heterocycles. The molecule has 1 aliphatic heterocycles. The van der Waals surface area contributed by atoms with Crippen molar-refractivity contribution in [3.63, 3.8) is 0 Å². The molecule has 1 aromatic carbocycles. The van der Waals surface area contributed by atoms with Crippen molar-refractivity contribution in [3.8, 4) is 16.9 Å². The molecule has 2 fully saturated rings. The van der Waals surface area contributed by atoms with Crippen LogP contribution in [0.3, 0.4) is 0 Å². The molecule has 0 bridgehead atoms. The van der Waals surface area contributed by atoms with E-state index in [9.17, 15) is 8.42 Å². The quantitative estimate of drug-likeness (QED) is 0.625. The van der Waals surface area contributed by atoms with Crippen LogP contribution in [0.1, 0.15) is 25.7 Å². The van der Waals surface area contributed by atoms with Gasteiger partial charge in [-0.1, -0.05) is 0 Å². The molecule has 146 valence electrons. The van der Waals surface area contributed by atoms with Crippen molar-refractivity contribution >= 4 is 32.1 Å². The lowest BCUT2D eigenvalue weighted by molar-refractivity contribution is 0.137. The predicted molar refractivity (Wildman–Crippen MR) is 112 cm³/mol. The van der Waals surface area contributed by atoms with Crippen LogP contribution in [0.5, 0.6) is 5.75 Å². The zero-order valence-corrected chi connectivity index (χ0v) is 17.1. The van der Waals surface area contributed by atoms with E-state index in [2.05, 4.69) is 33.9 Å². The maximum Gasteiger partial charge on any atom is 0.216 e. The maximum absolute atomic E-state index is 12.4. The van der Waals surface area contributed by atoms with Gasteiger partial charge in [-0.05, 0) is 77.2 Å². The fourth-order valence-electron chi connectivity index (χ4n) is 3.82. The number of pyridine rings is 1. The lowest BCUT2D eigenvalue weighted by Gasteiger charge is -2.31. The van der Waals surface area contributed by atoms with Gasteiger partial charge in [-0.25, -0.2) is 12.7 Å². The van der Waals surface area contributed by atoms with E-state index in [0.29, 0.717) is 13.1 Å². The number of ether oxygens (including phenoxy) is 1. The van der Waals surface area contributed by atoms with Crippen LogP contribution in [0.2, 0.25) is 0 Å². The van der Waals surface area contributed by atoms with Crippen molar-refractivity contribution in [3.05, 3.63) is 47.4 Å². The van der Waals surface area contributed by atoms with E-state index >= 15 is 0 Å². The second kappa shape index (κ2) is 7.13. The molecule has 5 nitrogen and oxygen atoms in total. The molecule has 0 spiro atoms. The number of nitrogens with zero attached hydrogens (tertiary/aromatic N) is 2. The van der Waals surface area contributed by atoms with E-state index in [1.165, 1.54) is 5.56 Å². The van der Waals surface area contributed by atoms with Gasteiger partial charge in [-0.2, -0.15) is 11.3 Å². The summed E-state index contributed by atoms with van der Waals surface area (Å²) >= 11 is 1.68. The highest BCUT2D eigenvalue weighted by atomic mass is 32.2. The van der Waals surface area contributed by atoms with Crippen LogP contribution in [0.25, 0.3) is 21.9 Å². The fraction of sp³-hybridized carbons (Fsp3) is 0.381. The average molecular weight is 415 g/mol. The number of hydrogen-bond acceptors (Lipinski definition) is 5. The summed E-state index contributed by atoms with van der Waals surface area (Å²) in [5.74, 6) is 0.829. The number of rotatable bonds is 5. The highest BCUT2D eigenvalue weighted by Gasteiger charge is 2.41. The number of fused-ring (bicyclic) bond motifs is 1. The Bertz CT molecular complexity index is 1080. The highest BCUT2D eigenvalue weighted by Crippen LogP contribution is 2.36. The zero-order chi connectivity index (χ0) is 19.1. The van der Waals surface area contributed by atoms with Crippen molar-refractivity contribution in [1.82, 2.24) is 9.29 Å². The molecule has 7 heteroatoms. The normalized spacial score (nSPS) is 19.1. The van der Waals surface area contributed by atoms with E-state index in [-0.39, 0.29) is 11.4 Å². The monoisotopic (exact) mass is 414 g/mol. The Morgan fingerprint density at radius 2 is 1.89 bits per heavy atom. The van der Waals surface area contributed by atoms with Gasteiger partial charge in [0, 0.05) is 30.9 Å². The third-order valence-electron chi connectivity index (χ3n) is 5.57. The summed E-state index contributed by atoms with van der Waals surface area (Å²) in [6.07, 6.45) is 6.72. The molecule has 3 aromatic rings. The molecule has 0 radical (unpaired) electrons. The van der Waals surface area contributed by atoms with Gasteiger partial charge in [0.15, 0.2) is 0 Å². The van der Waals surface area contributed by atoms with E-state index in [4.69, 9.17) is 4.74 Å². The van der Waals surface area contributed by atoms with Crippen LogP contribution < -0.4 is 4.74 Å². The van der Waals surface area contributed by atoms with Crippen molar-refractivity contribution in [1.29, 1.82) is 0 Å². The molecule has 0 N–H and O–H groups in total. The molecule has 1 saturated heterocycles. The SMILES string of the molecule is O=S(=O)(C1CC1)N1CCC(Oc2cc(-c3ccsc3)cc3ccncc23)CC1. The van der Waals surface area contributed by atoms with Crippen LogP contribution in [0.15, 0.2) is 47.4 Å². The van der Waals surface area contributed by atoms with Crippen molar-refractivity contribution in [2.75, 3.05) is 13.1 Å². The Morgan fingerprint density at radius 3 is 2.61 bits per heavy atom. The number of benzene rings is 1. The second-order valence-electron chi connectivity index (χ2n) is 7.54. The summed E-state index contributed by atoms with van der Waals surface area (Å²) in [5.41, 5.74) is 2.31. The third kappa shape index (κ3) is 3.43. The molecule has 28 heavy (non-hydrogen) atoms. The Balaban J connectivity index is 1.38. The van der Waals surface area contributed by atoms with Crippen LogP contribution in [-0.4, -0.2) is 42.2 Å². The second-order valence-corrected chi connectivity index (χ2v) is 10.5. The lowest BCUT2D eigenvalue weighted by Crippen LogP contribution is -2.43. The smallest absolute Gasteiger partial charge is 0.216 e. The molecular formula is C21H22N2O3S2. The molecule has 0 atom stereocenters. The summed E-state index contributed by atoms with van der Waals surface area (Å²) < 4.78 is 32.9. The lowest BCUT2D eigenvalue weighted by atomic mass is 10.0. The number of thiophene rings is 1. The molecule has 0 unspecified atom stereocenters. The van der Waals surface area contributed by atoms with Crippen LogP contribution in [0.4, 0.5) is 0 Å². The average Bonchev–Trinajstić information content (AvgIpc) is 3.44. The molecule has 2 aliphatic rings. The van der Waals surface area contributed by atoms with E-state index < -0.39 is 10.0 Å². The first-order valence-corrected chi connectivity index (χ1v) is 12.1. The van der Waals surface area contributed by atoms with Gasteiger partial charge in [-0.3, -0.25) is 4.98 Å². The van der Waals surface area contributed by atoms with E-state index in [1.54, 1.807) is 21.8 Å². The summed E-state index contributed by atoms with van der Waals surface area (Å²) in [4.78, 5) is 4.26. The van der Waals surface area contributed by atoms with Gasteiger partial charge in [0.2, 0.25) is 10.0 Å². The van der Waals surface area contributed by atoms with E-state index in [1.807, 2.05) is 12.3 Å². The van der Waals surface area contributed by atoms with E-state index in [0.717, 1.165) is 47.8 Å². The molecule has 3 heterocycles. The molecule has 0 amide bonds. The summed E-state index contributed by atoms with van der Waals surface area (Å²) in [6.45, 7) is 1.09. The Kier molecular flexibility index (Phi) is 4.61. The summed E-state index contributed by atoms with van der Waals surface area (Å²) in [5, 5.41) is 6.16. The first-order chi connectivity index (χ1) is 13.6. The molecule has 1 saturated carbocycles. The molecular weight excluding hydrogens is 392 g/mol. The number of aromatic nitrogens is 1. The topological polar surface area (TPSA) is 59.5 Å². The zero-order valence-electron chi connectivity index (χ0n) is 15.5. The van der Waals surface area contributed by atoms with Gasteiger partial charge < -0.3 is 4.74 Å². The van der Waals surface area contributed by atoms with Gasteiger partial charge in [0.25, 0.3) is 0 Å². The highest BCUT2D eigenvalue weighted by molar-refractivity contribution is 7.90. The summed E-state index contributed by atoms with van der Waals surface area (Å²) in [7, 11) is -3.09. The number of sulfonamides is 1. The van der Waals surface area contributed by atoms with Crippen molar-refractivity contribution < 1.29 is 13.2 Å². The van der Waals surface area contributed by atoms with Gasteiger partial charge in [0.1, 0.15) is 11.9 Å². The number of hydrogen-bond donors (Lipinski definition) is 0. The largest absolute Gasteiger partial charge is 0.490 e. The molecule has 1 aliphatic carbocycles. The Hall–Kier alpha value is -1.96. The summed E-state index contributed by atoms with van der Waals surface area (Å²) in [6, 6.07) is 8.36. The van der Waals surface area contributed by atoms with Crippen molar-refractivity contribution in [2.24, 2.45) is 0 Å². The van der Waals surface area contributed by atoms with Crippen LogP contribution in [-0.2, 0) is 10.0 Å². The Morgan fingerprint density at radius 1 is 1.07 bits per heavy atom.